The highest BCUT2D eigenvalue weighted by atomic mass is 16.5. The fourth-order valence-corrected chi connectivity index (χ4v) is 4.23. The summed E-state index contributed by atoms with van der Waals surface area (Å²) in [7, 11) is 0. The van der Waals surface area contributed by atoms with Crippen LogP contribution in [0.4, 0.5) is 0 Å². The third kappa shape index (κ3) is 0.989. The van der Waals surface area contributed by atoms with Gasteiger partial charge in [-0.25, -0.2) is 0 Å². The van der Waals surface area contributed by atoms with Gasteiger partial charge in [-0.2, -0.15) is 0 Å². The molecule has 0 aromatic rings. The number of ether oxygens (including phenoxy) is 1. The first-order valence-electron chi connectivity index (χ1n) is 6.23. The van der Waals surface area contributed by atoms with Crippen molar-refractivity contribution in [3.05, 3.63) is 0 Å². The molecule has 80 valence electrons. The van der Waals surface area contributed by atoms with E-state index in [1.807, 2.05) is 0 Å². The second-order valence-electron chi connectivity index (χ2n) is 5.22. The highest BCUT2D eigenvalue weighted by molar-refractivity contribution is 5.16. The number of fused-ring (bicyclic) bond motifs is 2. The highest BCUT2D eigenvalue weighted by Gasteiger charge is 2.64. The predicted molar refractivity (Wildman–Crippen MR) is 56.2 cm³/mol. The summed E-state index contributed by atoms with van der Waals surface area (Å²) < 4.78 is 5.93. The van der Waals surface area contributed by atoms with Crippen LogP contribution in [0.3, 0.4) is 0 Å². The Kier molecular flexibility index (Phi) is 2.10. The van der Waals surface area contributed by atoms with Crippen LogP contribution >= 0.6 is 0 Å². The maximum atomic E-state index is 5.93. The lowest BCUT2D eigenvalue weighted by atomic mass is 9.54. The van der Waals surface area contributed by atoms with Crippen LogP contribution in [-0.2, 0) is 4.74 Å². The molecule has 3 aliphatic rings. The van der Waals surface area contributed by atoms with Gasteiger partial charge in [-0.15, -0.1) is 0 Å². The molecule has 0 amide bonds. The second-order valence-corrected chi connectivity index (χ2v) is 5.22. The second kappa shape index (κ2) is 3.21. The predicted octanol–water partition coefficient (Wildman–Crippen LogP) is 1.94. The molecule has 2 saturated carbocycles. The van der Waals surface area contributed by atoms with Crippen LogP contribution < -0.4 is 5.32 Å². The van der Waals surface area contributed by atoms with Crippen LogP contribution in [0.15, 0.2) is 0 Å². The van der Waals surface area contributed by atoms with Crippen molar-refractivity contribution in [3.63, 3.8) is 0 Å². The Bertz CT molecular complexity index is 222. The van der Waals surface area contributed by atoms with Gasteiger partial charge in [-0.3, -0.25) is 0 Å². The normalized spacial score (nSPS) is 43.9. The van der Waals surface area contributed by atoms with Crippen LogP contribution in [-0.4, -0.2) is 25.3 Å². The number of hydrogen-bond acceptors (Lipinski definition) is 2. The molecule has 0 aromatic heterocycles. The van der Waals surface area contributed by atoms with Crippen LogP contribution in [0.2, 0.25) is 0 Å². The Balaban J connectivity index is 1.80. The molecule has 1 heterocycles. The average Bonchev–Trinajstić information content (AvgIpc) is 2.82. The fourth-order valence-electron chi connectivity index (χ4n) is 4.23. The summed E-state index contributed by atoms with van der Waals surface area (Å²) in [5.41, 5.74) is 0.553. The van der Waals surface area contributed by atoms with Gasteiger partial charge in [0.1, 0.15) is 0 Å². The number of rotatable bonds is 2. The zero-order valence-corrected chi connectivity index (χ0v) is 9.09. The Hall–Kier alpha value is -0.0800. The monoisotopic (exact) mass is 195 g/mol. The summed E-state index contributed by atoms with van der Waals surface area (Å²) in [5, 5.41) is 3.71. The third-order valence-electron chi connectivity index (χ3n) is 4.71. The molecule has 14 heavy (non-hydrogen) atoms. The average molecular weight is 195 g/mol. The lowest BCUT2D eigenvalue weighted by Crippen LogP contribution is -2.67. The van der Waals surface area contributed by atoms with Crippen molar-refractivity contribution in [1.82, 2.24) is 5.32 Å². The quantitative estimate of drug-likeness (QED) is 0.727. The summed E-state index contributed by atoms with van der Waals surface area (Å²) in [6.07, 6.45) is 7.58. The first kappa shape index (κ1) is 9.17. The van der Waals surface area contributed by atoms with Gasteiger partial charge < -0.3 is 10.1 Å². The van der Waals surface area contributed by atoms with E-state index in [2.05, 4.69) is 12.2 Å². The van der Waals surface area contributed by atoms with Crippen molar-refractivity contribution in [2.75, 3.05) is 13.2 Å². The SMILES string of the molecule is CCNC1C2CCOC2C12CCCC2. The van der Waals surface area contributed by atoms with Gasteiger partial charge in [0.25, 0.3) is 0 Å². The maximum absolute atomic E-state index is 5.93. The lowest BCUT2D eigenvalue weighted by Gasteiger charge is -2.57. The zero-order valence-electron chi connectivity index (χ0n) is 9.09. The number of hydrogen-bond donors (Lipinski definition) is 1. The van der Waals surface area contributed by atoms with E-state index in [1.165, 1.54) is 32.1 Å². The smallest absolute Gasteiger partial charge is 0.0690 e. The third-order valence-corrected chi connectivity index (χ3v) is 4.71. The minimum atomic E-state index is 0.553. The fraction of sp³-hybridized carbons (Fsp3) is 1.00. The van der Waals surface area contributed by atoms with Crippen molar-refractivity contribution in [3.8, 4) is 0 Å². The van der Waals surface area contributed by atoms with Crippen molar-refractivity contribution in [2.45, 2.75) is 51.2 Å². The largest absolute Gasteiger partial charge is 0.377 e. The van der Waals surface area contributed by atoms with Gasteiger partial charge in [0.2, 0.25) is 0 Å². The molecule has 1 N–H and O–H groups in total. The van der Waals surface area contributed by atoms with Crippen molar-refractivity contribution in [1.29, 1.82) is 0 Å². The molecule has 3 unspecified atom stereocenters. The van der Waals surface area contributed by atoms with Gasteiger partial charge in [-0.05, 0) is 25.8 Å². The van der Waals surface area contributed by atoms with Crippen molar-refractivity contribution >= 4 is 0 Å². The molecule has 3 atom stereocenters. The molecular weight excluding hydrogens is 174 g/mol. The standard InChI is InChI=1S/C12H21NO/c1-2-13-10-9-5-8-14-11(9)12(10)6-3-4-7-12/h9-11,13H,2-8H2,1H3. The molecule has 3 fully saturated rings. The summed E-state index contributed by atoms with van der Waals surface area (Å²) in [6.45, 7) is 4.36. The van der Waals surface area contributed by atoms with E-state index in [9.17, 15) is 0 Å². The van der Waals surface area contributed by atoms with Gasteiger partial charge >= 0.3 is 0 Å². The van der Waals surface area contributed by atoms with Gasteiger partial charge in [-0.1, -0.05) is 19.8 Å². The summed E-state index contributed by atoms with van der Waals surface area (Å²) in [5.74, 6) is 0.841. The van der Waals surface area contributed by atoms with Crippen molar-refractivity contribution < 1.29 is 4.74 Å². The topological polar surface area (TPSA) is 21.3 Å². The van der Waals surface area contributed by atoms with E-state index < -0.39 is 0 Å². The Morgan fingerprint density at radius 1 is 1.36 bits per heavy atom. The Morgan fingerprint density at radius 3 is 2.86 bits per heavy atom. The van der Waals surface area contributed by atoms with E-state index in [-0.39, 0.29) is 0 Å². The van der Waals surface area contributed by atoms with E-state index >= 15 is 0 Å². The van der Waals surface area contributed by atoms with E-state index in [0.29, 0.717) is 11.5 Å². The molecule has 3 rings (SSSR count). The first-order chi connectivity index (χ1) is 6.88. The maximum Gasteiger partial charge on any atom is 0.0690 e. The molecule has 1 aliphatic heterocycles. The molecule has 0 radical (unpaired) electrons. The van der Waals surface area contributed by atoms with Gasteiger partial charge in [0.05, 0.1) is 6.10 Å². The molecule has 0 bridgehead atoms. The van der Waals surface area contributed by atoms with Crippen LogP contribution in [0.25, 0.3) is 0 Å². The van der Waals surface area contributed by atoms with Gasteiger partial charge in [0.15, 0.2) is 0 Å². The highest BCUT2D eigenvalue weighted by Crippen LogP contribution is 2.60. The summed E-state index contributed by atoms with van der Waals surface area (Å²) >= 11 is 0. The van der Waals surface area contributed by atoms with E-state index in [4.69, 9.17) is 4.74 Å². The zero-order chi connectivity index (χ0) is 9.60. The molecule has 2 aliphatic carbocycles. The number of nitrogens with one attached hydrogen (secondary N) is 1. The first-order valence-corrected chi connectivity index (χ1v) is 6.23. The summed E-state index contributed by atoms with van der Waals surface area (Å²) in [4.78, 5) is 0. The molecule has 0 aromatic carbocycles. The minimum absolute atomic E-state index is 0.553. The van der Waals surface area contributed by atoms with E-state index in [1.54, 1.807) is 0 Å². The van der Waals surface area contributed by atoms with Crippen molar-refractivity contribution in [2.24, 2.45) is 11.3 Å². The van der Waals surface area contributed by atoms with E-state index in [0.717, 1.165) is 25.1 Å². The molecule has 2 nitrogen and oxygen atoms in total. The molecule has 1 spiro atoms. The Labute approximate surface area is 86.4 Å². The molecular formula is C12H21NO. The molecule has 1 saturated heterocycles. The Morgan fingerprint density at radius 2 is 2.14 bits per heavy atom. The molecule has 2 heteroatoms. The van der Waals surface area contributed by atoms with Crippen LogP contribution in [0.1, 0.15) is 39.0 Å². The van der Waals surface area contributed by atoms with Gasteiger partial charge in [0, 0.05) is 24.0 Å². The van der Waals surface area contributed by atoms with Crippen LogP contribution in [0, 0.1) is 11.3 Å². The summed E-state index contributed by atoms with van der Waals surface area (Å²) in [6, 6.07) is 0.780. The minimum Gasteiger partial charge on any atom is -0.377 e. The lowest BCUT2D eigenvalue weighted by molar-refractivity contribution is -0.129. The van der Waals surface area contributed by atoms with Crippen LogP contribution in [0.5, 0.6) is 0 Å².